The lowest BCUT2D eigenvalue weighted by molar-refractivity contribution is -0.146. The van der Waals surface area contributed by atoms with Crippen LogP contribution in [0, 0.1) is 16.7 Å². The highest BCUT2D eigenvalue weighted by molar-refractivity contribution is 7.11. The van der Waals surface area contributed by atoms with Crippen LogP contribution in [0.4, 0.5) is 0 Å². The van der Waals surface area contributed by atoms with Crippen LogP contribution in [0.15, 0.2) is 40.4 Å². The first-order chi connectivity index (χ1) is 16.7. The Hall–Kier alpha value is -2.78. The maximum Gasteiger partial charge on any atom is 0.265 e. The molecule has 8 nitrogen and oxygen atoms in total. The number of rotatable bonds is 5. The summed E-state index contributed by atoms with van der Waals surface area (Å²) in [7, 11) is 0. The minimum absolute atomic E-state index is 0.0385. The number of likely N-dealkylation sites (tertiary alicyclic amines) is 2. The number of carbonyl (C=O) groups is 2. The van der Waals surface area contributed by atoms with E-state index in [0.717, 1.165) is 12.0 Å². The molecular weight excluding hydrogens is 486 g/mol. The zero-order valence-corrected chi connectivity index (χ0v) is 21.2. The summed E-state index contributed by atoms with van der Waals surface area (Å²) >= 11 is 7.33. The summed E-state index contributed by atoms with van der Waals surface area (Å²) in [5, 5.41) is 9.36. The number of hydrogen-bond acceptors (Lipinski definition) is 7. The Morgan fingerprint density at radius 3 is 2.51 bits per heavy atom. The van der Waals surface area contributed by atoms with Gasteiger partial charge in [-0.25, -0.2) is 0 Å². The van der Waals surface area contributed by atoms with Crippen LogP contribution in [0.1, 0.15) is 53.2 Å². The van der Waals surface area contributed by atoms with E-state index in [1.165, 1.54) is 11.3 Å². The molecule has 2 atom stereocenters. The number of carbonyl (C=O) groups excluding carboxylic acids is 2. The number of nitrogens with zero attached hydrogens (tertiary/aromatic N) is 5. The van der Waals surface area contributed by atoms with Gasteiger partial charge in [0.15, 0.2) is 0 Å². The standard InChI is InChI=1S/C25H26ClN5O3S/c1-24(2)8-17(24)22(32)31-12-25(13-31)11-30(23(33)19-9-27-14-35-19)10-18(25)21-29-28-20(34-21)7-15-3-5-16(26)6-4-15/h3-6,9,14,17-18H,7-8,10-13H2,1-2H3/t17-,18?/m1/s1. The van der Waals surface area contributed by atoms with Gasteiger partial charge in [-0.15, -0.1) is 21.5 Å². The Morgan fingerprint density at radius 1 is 1.14 bits per heavy atom. The van der Waals surface area contributed by atoms with Crippen molar-refractivity contribution in [3.05, 3.63) is 63.2 Å². The van der Waals surface area contributed by atoms with E-state index in [1.807, 2.05) is 34.1 Å². The molecule has 35 heavy (non-hydrogen) atoms. The van der Waals surface area contributed by atoms with Crippen molar-refractivity contribution < 1.29 is 14.0 Å². The Balaban J connectivity index is 1.23. The van der Waals surface area contributed by atoms with Crippen LogP contribution in [0.5, 0.6) is 0 Å². The normalized spacial score (nSPS) is 24.0. The van der Waals surface area contributed by atoms with Gasteiger partial charge >= 0.3 is 0 Å². The summed E-state index contributed by atoms with van der Waals surface area (Å²) in [5.41, 5.74) is 2.50. The van der Waals surface area contributed by atoms with Gasteiger partial charge in [0, 0.05) is 42.5 Å². The number of amides is 2. The topological polar surface area (TPSA) is 92.4 Å². The maximum absolute atomic E-state index is 13.1. The van der Waals surface area contributed by atoms with Crippen LogP contribution in [0.3, 0.4) is 0 Å². The molecule has 1 unspecified atom stereocenters. The van der Waals surface area contributed by atoms with Gasteiger partial charge in [0.25, 0.3) is 5.91 Å². The molecule has 1 saturated carbocycles. The SMILES string of the molecule is CC1(C)C[C@@H]1C(=O)N1CC2(CN(C(=O)c3cncs3)CC2c2nnc(Cc3ccc(Cl)cc3)o2)C1. The van der Waals surface area contributed by atoms with Crippen LogP contribution in [0.25, 0.3) is 0 Å². The molecule has 2 amide bonds. The fourth-order valence-electron chi connectivity index (χ4n) is 5.50. The van der Waals surface area contributed by atoms with E-state index in [0.29, 0.717) is 54.3 Å². The predicted molar refractivity (Wildman–Crippen MR) is 130 cm³/mol. The van der Waals surface area contributed by atoms with Crippen molar-refractivity contribution in [3.8, 4) is 0 Å². The van der Waals surface area contributed by atoms with Crippen molar-refractivity contribution in [1.82, 2.24) is 25.0 Å². The third kappa shape index (κ3) is 4.04. The smallest absolute Gasteiger partial charge is 0.265 e. The van der Waals surface area contributed by atoms with Crippen LogP contribution < -0.4 is 0 Å². The van der Waals surface area contributed by atoms with Crippen molar-refractivity contribution in [2.75, 3.05) is 26.2 Å². The summed E-state index contributed by atoms with van der Waals surface area (Å²) in [6.07, 6.45) is 3.05. The number of aromatic nitrogens is 3. The third-order valence-electron chi connectivity index (χ3n) is 7.76. The average Bonchev–Trinajstić information content (AvgIpc) is 3.33. The first kappa shape index (κ1) is 22.7. The van der Waals surface area contributed by atoms with Gasteiger partial charge in [0.1, 0.15) is 4.88 Å². The van der Waals surface area contributed by atoms with E-state index in [2.05, 4.69) is 29.0 Å². The van der Waals surface area contributed by atoms with Gasteiger partial charge < -0.3 is 14.2 Å². The lowest BCUT2D eigenvalue weighted by Gasteiger charge is -2.50. The van der Waals surface area contributed by atoms with Crippen molar-refractivity contribution >= 4 is 34.8 Å². The van der Waals surface area contributed by atoms with Crippen molar-refractivity contribution in [2.24, 2.45) is 16.7 Å². The highest BCUT2D eigenvalue weighted by Crippen LogP contribution is 2.55. The van der Waals surface area contributed by atoms with Crippen LogP contribution >= 0.6 is 22.9 Å². The number of benzene rings is 1. The van der Waals surface area contributed by atoms with E-state index in [4.69, 9.17) is 16.0 Å². The molecule has 1 aliphatic carbocycles. The lowest BCUT2D eigenvalue weighted by atomic mass is 9.71. The van der Waals surface area contributed by atoms with E-state index >= 15 is 0 Å². The van der Waals surface area contributed by atoms with Gasteiger partial charge in [0.2, 0.25) is 17.7 Å². The molecule has 3 aliphatic rings. The fourth-order valence-corrected chi connectivity index (χ4v) is 6.21. The van der Waals surface area contributed by atoms with Crippen molar-refractivity contribution in [1.29, 1.82) is 0 Å². The molecule has 2 aliphatic heterocycles. The molecule has 1 aromatic carbocycles. The monoisotopic (exact) mass is 511 g/mol. The molecular formula is C25H26ClN5O3S. The minimum atomic E-state index is -0.279. The molecule has 0 bridgehead atoms. The number of hydrogen-bond donors (Lipinski definition) is 0. The Morgan fingerprint density at radius 2 is 1.86 bits per heavy atom. The molecule has 1 spiro atoms. The summed E-state index contributed by atoms with van der Waals surface area (Å²) < 4.78 is 6.13. The second-order valence-electron chi connectivity index (χ2n) is 10.7. The second-order valence-corrected chi connectivity index (χ2v) is 12.1. The van der Waals surface area contributed by atoms with Crippen LogP contribution in [0.2, 0.25) is 5.02 Å². The van der Waals surface area contributed by atoms with Gasteiger partial charge in [-0.2, -0.15) is 0 Å². The molecule has 3 aromatic rings. The molecule has 182 valence electrons. The highest BCUT2D eigenvalue weighted by atomic mass is 35.5. The first-order valence-electron chi connectivity index (χ1n) is 11.8. The Bertz CT molecular complexity index is 1270. The van der Waals surface area contributed by atoms with Crippen LogP contribution in [-0.2, 0) is 11.2 Å². The maximum atomic E-state index is 13.1. The van der Waals surface area contributed by atoms with Gasteiger partial charge in [-0.3, -0.25) is 14.6 Å². The number of halogens is 1. The largest absolute Gasteiger partial charge is 0.425 e. The lowest BCUT2D eigenvalue weighted by Crippen LogP contribution is -2.62. The van der Waals surface area contributed by atoms with E-state index in [1.54, 1.807) is 11.7 Å². The minimum Gasteiger partial charge on any atom is -0.425 e. The van der Waals surface area contributed by atoms with E-state index < -0.39 is 0 Å². The molecule has 6 rings (SSSR count). The van der Waals surface area contributed by atoms with Gasteiger partial charge in [-0.1, -0.05) is 37.6 Å². The molecule has 2 aromatic heterocycles. The molecule has 0 N–H and O–H groups in total. The van der Waals surface area contributed by atoms with Crippen molar-refractivity contribution in [3.63, 3.8) is 0 Å². The van der Waals surface area contributed by atoms with Crippen molar-refractivity contribution in [2.45, 2.75) is 32.6 Å². The Kier molecular flexibility index (Phi) is 5.27. The first-order valence-corrected chi connectivity index (χ1v) is 13.0. The summed E-state index contributed by atoms with van der Waals surface area (Å²) in [6, 6.07) is 7.55. The highest BCUT2D eigenvalue weighted by Gasteiger charge is 2.61. The second kappa shape index (κ2) is 8.13. The Labute approximate surface area is 212 Å². The van der Waals surface area contributed by atoms with Crippen LogP contribution in [-0.4, -0.2) is 63.0 Å². The molecule has 4 heterocycles. The zero-order chi connectivity index (χ0) is 24.4. The third-order valence-corrected chi connectivity index (χ3v) is 8.78. The summed E-state index contributed by atoms with van der Waals surface area (Å²) in [4.78, 5) is 34.6. The molecule has 10 heteroatoms. The number of thiazole rings is 1. The van der Waals surface area contributed by atoms with E-state index in [-0.39, 0.29) is 34.5 Å². The molecule has 2 saturated heterocycles. The summed E-state index contributed by atoms with van der Waals surface area (Å²) in [5.74, 6) is 1.22. The summed E-state index contributed by atoms with van der Waals surface area (Å²) in [6.45, 7) is 6.52. The van der Waals surface area contributed by atoms with E-state index in [9.17, 15) is 9.59 Å². The predicted octanol–water partition coefficient (Wildman–Crippen LogP) is 3.88. The quantitative estimate of drug-likeness (QED) is 0.516. The average molecular weight is 512 g/mol. The fraction of sp³-hybridized carbons (Fsp3) is 0.480. The van der Waals surface area contributed by atoms with Gasteiger partial charge in [-0.05, 0) is 29.5 Å². The molecule has 0 radical (unpaired) electrons. The molecule has 3 fully saturated rings. The van der Waals surface area contributed by atoms with Gasteiger partial charge in [0.05, 0.1) is 24.0 Å². The zero-order valence-electron chi connectivity index (χ0n) is 19.6.